The molecule has 1 aromatic heterocycles. The summed E-state index contributed by atoms with van der Waals surface area (Å²) in [5.41, 5.74) is 7.36. The molecule has 0 spiro atoms. The number of imidazole rings is 1. The molecule has 5 heteroatoms. The first kappa shape index (κ1) is 12.6. The number of aromatic amines is 1. The smallest absolute Gasteiger partial charge is 0.126 e. The van der Waals surface area contributed by atoms with Crippen molar-refractivity contribution in [3.05, 3.63) is 41.1 Å². The molecule has 0 amide bonds. The fourth-order valence-electron chi connectivity index (χ4n) is 2.32. The van der Waals surface area contributed by atoms with Gasteiger partial charge >= 0.3 is 0 Å². The molecule has 1 fully saturated rings. The van der Waals surface area contributed by atoms with E-state index in [9.17, 15) is 4.39 Å². The van der Waals surface area contributed by atoms with Gasteiger partial charge in [-0.15, -0.1) is 0 Å². The van der Waals surface area contributed by atoms with E-state index in [1.54, 1.807) is 12.3 Å². The third-order valence-electron chi connectivity index (χ3n) is 3.73. The van der Waals surface area contributed by atoms with E-state index in [0.717, 1.165) is 29.9 Å². The van der Waals surface area contributed by atoms with Crippen molar-refractivity contribution in [2.45, 2.75) is 25.3 Å². The Morgan fingerprint density at radius 3 is 2.84 bits per heavy atom. The molecule has 100 valence electrons. The van der Waals surface area contributed by atoms with E-state index in [1.807, 2.05) is 6.92 Å². The molecule has 3 N–H and O–H groups in total. The molecule has 1 aliphatic rings. The van der Waals surface area contributed by atoms with Gasteiger partial charge in [0.2, 0.25) is 0 Å². The molecule has 1 aliphatic carbocycles. The zero-order valence-electron chi connectivity index (χ0n) is 10.6. The molecule has 1 heterocycles. The molecule has 1 unspecified atom stereocenters. The van der Waals surface area contributed by atoms with Crippen molar-refractivity contribution in [2.24, 2.45) is 11.7 Å². The van der Waals surface area contributed by atoms with E-state index >= 15 is 0 Å². The summed E-state index contributed by atoms with van der Waals surface area (Å²) in [6.45, 7) is 1.99. The third-order valence-corrected chi connectivity index (χ3v) is 4.05. The first-order valence-corrected chi connectivity index (χ1v) is 6.66. The molecule has 0 aliphatic heterocycles. The average Bonchev–Trinajstić information content (AvgIpc) is 3.09. The van der Waals surface area contributed by atoms with E-state index in [4.69, 9.17) is 17.3 Å². The van der Waals surface area contributed by atoms with Crippen LogP contribution in [0.25, 0.3) is 11.3 Å². The highest BCUT2D eigenvalue weighted by atomic mass is 35.5. The number of nitrogens with two attached hydrogens (primary N) is 1. The Labute approximate surface area is 116 Å². The summed E-state index contributed by atoms with van der Waals surface area (Å²) in [5, 5.41) is 0.361. The molecule has 3 nitrogen and oxygen atoms in total. The fraction of sp³-hybridized carbons (Fsp3) is 0.357. The number of nitrogens with zero attached hydrogens (tertiary/aromatic N) is 1. The van der Waals surface area contributed by atoms with Crippen LogP contribution in [-0.4, -0.2) is 9.97 Å². The van der Waals surface area contributed by atoms with Crippen LogP contribution in [0.5, 0.6) is 0 Å². The summed E-state index contributed by atoms with van der Waals surface area (Å²) in [4.78, 5) is 7.56. The zero-order valence-corrected chi connectivity index (χ0v) is 11.3. The number of H-pyrrole nitrogens is 1. The maximum absolute atomic E-state index is 13.0. The minimum Gasteiger partial charge on any atom is -0.340 e. The summed E-state index contributed by atoms with van der Waals surface area (Å²) in [7, 11) is 0. The van der Waals surface area contributed by atoms with Gasteiger partial charge in [-0.1, -0.05) is 11.6 Å². The van der Waals surface area contributed by atoms with Gasteiger partial charge in [-0.05, 0) is 43.9 Å². The van der Waals surface area contributed by atoms with Crippen molar-refractivity contribution in [1.82, 2.24) is 9.97 Å². The lowest BCUT2D eigenvalue weighted by Gasteiger charge is -2.21. The van der Waals surface area contributed by atoms with Crippen molar-refractivity contribution in [3.63, 3.8) is 0 Å². The van der Waals surface area contributed by atoms with Crippen LogP contribution in [0, 0.1) is 11.7 Å². The molecule has 19 heavy (non-hydrogen) atoms. The van der Waals surface area contributed by atoms with Crippen LogP contribution in [0.1, 0.15) is 25.6 Å². The van der Waals surface area contributed by atoms with Crippen LogP contribution in [0.15, 0.2) is 24.4 Å². The Hall–Kier alpha value is -1.39. The minimum absolute atomic E-state index is 0.352. The number of rotatable bonds is 3. The summed E-state index contributed by atoms with van der Waals surface area (Å²) in [6, 6.07) is 4.31. The molecule has 1 aromatic carbocycles. The molecule has 1 saturated carbocycles. The highest BCUT2D eigenvalue weighted by molar-refractivity contribution is 6.33. The SMILES string of the molecule is CC(N)(c1ncc(-c2ccc(F)cc2Cl)[nH]1)C1CC1. The van der Waals surface area contributed by atoms with Gasteiger partial charge in [-0.25, -0.2) is 9.37 Å². The van der Waals surface area contributed by atoms with Crippen molar-refractivity contribution >= 4 is 11.6 Å². The summed E-state index contributed by atoms with van der Waals surface area (Å²) < 4.78 is 13.0. The lowest BCUT2D eigenvalue weighted by atomic mass is 9.97. The topological polar surface area (TPSA) is 54.7 Å². The fourth-order valence-corrected chi connectivity index (χ4v) is 2.59. The Kier molecular flexibility index (Phi) is 2.87. The standard InChI is InChI=1S/C14H15ClFN3/c1-14(17,8-2-3-8)13-18-7-12(19-13)10-5-4-9(16)6-11(10)15/h4-8H,2-3,17H2,1H3,(H,18,19). The number of hydrogen-bond donors (Lipinski definition) is 2. The molecule has 0 bridgehead atoms. The lowest BCUT2D eigenvalue weighted by molar-refractivity contribution is 0.404. The van der Waals surface area contributed by atoms with Gasteiger partial charge in [0, 0.05) is 5.56 Å². The first-order valence-electron chi connectivity index (χ1n) is 6.28. The molecule has 3 rings (SSSR count). The van der Waals surface area contributed by atoms with Crippen LogP contribution < -0.4 is 5.73 Å². The Balaban J connectivity index is 1.96. The van der Waals surface area contributed by atoms with Crippen molar-refractivity contribution in [2.75, 3.05) is 0 Å². The highest BCUT2D eigenvalue weighted by Gasteiger charge is 2.41. The summed E-state index contributed by atoms with van der Waals surface area (Å²) >= 11 is 6.04. The van der Waals surface area contributed by atoms with E-state index < -0.39 is 5.54 Å². The molecule has 1 atom stereocenters. The predicted octanol–water partition coefficient (Wildman–Crippen LogP) is 3.45. The van der Waals surface area contributed by atoms with Crippen molar-refractivity contribution < 1.29 is 4.39 Å². The Morgan fingerprint density at radius 1 is 1.47 bits per heavy atom. The molecule has 2 aromatic rings. The largest absolute Gasteiger partial charge is 0.340 e. The molecular weight excluding hydrogens is 265 g/mol. The highest BCUT2D eigenvalue weighted by Crippen LogP contribution is 2.43. The van der Waals surface area contributed by atoms with E-state index in [2.05, 4.69) is 9.97 Å². The number of benzene rings is 1. The van der Waals surface area contributed by atoms with E-state index in [0.29, 0.717) is 10.9 Å². The van der Waals surface area contributed by atoms with Gasteiger partial charge < -0.3 is 10.7 Å². The van der Waals surface area contributed by atoms with Crippen LogP contribution in [-0.2, 0) is 5.54 Å². The summed E-state index contributed by atoms with van der Waals surface area (Å²) in [6.07, 6.45) is 3.97. The number of aromatic nitrogens is 2. The zero-order chi connectivity index (χ0) is 13.6. The summed E-state index contributed by atoms with van der Waals surface area (Å²) in [5.74, 6) is 0.885. The second kappa shape index (κ2) is 4.32. The normalized spacial score (nSPS) is 18.3. The van der Waals surface area contributed by atoms with Gasteiger partial charge in [-0.2, -0.15) is 0 Å². The number of nitrogens with one attached hydrogen (secondary N) is 1. The number of hydrogen-bond acceptors (Lipinski definition) is 2. The monoisotopic (exact) mass is 279 g/mol. The predicted molar refractivity (Wildman–Crippen MR) is 73.3 cm³/mol. The second-order valence-corrected chi connectivity index (χ2v) is 5.73. The maximum Gasteiger partial charge on any atom is 0.126 e. The van der Waals surface area contributed by atoms with Crippen LogP contribution in [0.4, 0.5) is 4.39 Å². The third kappa shape index (κ3) is 2.26. The maximum atomic E-state index is 13.0. The Morgan fingerprint density at radius 2 is 2.21 bits per heavy atom. The van der Waals surface area contributed by atoms with Gasteiger partial charge in [0.1, 0.15) is 11.6 Å². The molecule has 0 saturated heterocycles. The lowest BCUT2D eigenvalue weighted by Crippen LogP contribution is -2.36. The van der Waals surface area contributed by atoms with Gasteiger partial charge in [0.05, 0.1) is 22.5 Å². The van der Waals surface area contributed by atoms with Gasteiger partial charge in [-0.3, -0.25) is 0 Å². The van der Waals surface area contributed by atoms with E-state index in [1.165, 1.54) is 12.1 Å². The first-order chi connectivity index (χ1) is 8.98. The Bertz CT molecular complexity index is 617. The van der Waals surface area contributed by atoms with Gasteiger partial charge in [0.15, 0.2) is 0 Å². The van der Waals surface area contributed by atoms with Crippen molar-refractivity contribution in [1.29, 1.82) is 0 Å². The van der Waals surface area contributed by atoms with Gasteiger partial charge in [0.25, 0.3) is 0 Å². The van der Waals surface area contributed by atoms with Crippen molar-refractivity contribution in [3.8, 4) is 11.3 Å². The second-order valence-electron chi connectivity index (χ2n) is 5.33. The molecular formula is C14H15ClFN3. The average molecular weight is 280 g/mol. The minimum atomic E-state index is -0.440. The number of halogens is 2. The van der Waals surface area contributed by atoms with Crippen LogP contribution in [0.2, 0.25) is 5.02 Å². The molecule has 0 radical (unpaired) electrons. The van der Waals surface area contributed by atoms with Crippen LogP contribution in [0.3, 0.4) is 0 Å². The van der Waals surface area contributed by atoms with E-state index in [-0.39, 0.29) is 5.82 Å². The van der Waals surface area contributed by atoms with Crippen LogP contribution >= 0.6 is 11.6 Å². The quantitative estimate of drug-likeness (QED) is 0.904.